The maximum atomic E-state index is 13.1. The van der Waals surface area contributed by atoms with E-state index in [1.165, 1.54) is 12.0 Å². The minimum Gasteiger partial charge on any atom is -0.481 e. The van der Waals surface area contributed by atoms with Gasteiger partial charge >= 0.3 is 24.0 Å². The van der Waals surface area contributed by atoms with Gasteiger partial charge in [0.25, 0.3) is 0 Å². The molecule has 1 rings (SSSR count). The number of hydrogen-bond donors (Lipinski definition) is 1. The van der Waals surface area contributed by atoms with Gasteiger partial charge in [0, 0.05) is 19.5 Å². The molecule has 0 bridgehead atoms. The van der Waals surface area contributed by atoms with E-state index < -0.39 is 45.9 Å². The highest BCUT2D eigenvalue weighted by atomic mass is 127. The van der Waals surface area contributed by atoms with Crippen LogP contribution in [0.2, 0.25) is 0 Å². The van der Waals surface area contributed by atoms with Crippen molar-refractivity contribution in [3.05, 3.63) is 0 Å². The molecule has 1 aliphatic rings. The Labute approximate surface area is 205 Å². The summed E-state index contributed by atoms with van der Waals surface area (Å²) in [4.78, 5) is 49.6. The predicted octanol–water partition coefficient (Wildman–Crippen LogP) is 3.76. The molecule has 190 valence electrons. The molecule has 1 aliphatic heterocycles. The number of unbranched alkanes of at least 4 members (excludes halogenated alkanes) is 3. The highest BCUT2D eigenvalue weighted by Crippen LogP contribution is 2.41. The average Bonchev–Trinajstić information content (AvgIpc) is 2.74. The fraction of sp³-hybridized carbons (Fsp3) is 0.810. The number of likely N-dealkylation sites (tertiary alicyclic amines) is 1. The van der Waals surface area contributed by atoms with E-state index in [4.69, 9.17) is 0 Å². The van der Waals surface area contributed by atoms with Crippen molar-refractivity contribution in [1.82, 2.24) is 9.80 Å². The van der Waals surface area contributed by atoms with Gasteiger partial charge in [0.15, 0.2) is 0 Å². The van der Waals surface area contributed by atoms with Crippen LogP contribution in [-0.4, -0.2) is 75.1 Å². The lowest BCUT2D eigenvalue weighted by atomic mass is 9.88. The Kier molecular flexibility index (Phi) is 11.9. The zero-order valence-electron chi connectivity index (χ0n) is 19.0. The number of hydrogen-bond acceptors (Lipinski definition) is 5. The van der Waals surface area contributed by atoms with Crippen LogP contribution >= 0.6 is 22.6 Å². The lowest BCUT2D eigenvalue weighted by molar-refractivity contribution is -0.186. The molecule has 33 heavy (non-hydrogen) atoms. The van der Waals surface area contributed by atoms with Crippen molar-refractivity contribution in [3.8, 4) is 0 Å². The van der Waals surface area contributed by atoms with Gasteiger partial charge in [0.1, 0.15) is 6.54 Å². The van der Waals surface area contributed by atoms with Crippen molar-refractivity contribution in [2.45, 2.75) is 74.4 Å². The van der Waals surface area contributed by atoms with E-state index in [9.17, 15) is 37.5 Å². The number of rotatable bonds is 12. The Hall–Kier alpha value is -1.60. The number of methoxy groups -OCH3 is 1. The second kappa shape index (κ2) is 13.3. The smallest absolute Gasteiger partial charge is 0.471 e. The van der Waals surface area contributed by atoms with Gasteiger partial charge in [-0.25, -0.2) is 0 Å². The first-order valence-electron chi connectivity index (χ1n) is 11.0. The van der Waals surface area contributed by atoms with E-state index in [-0.39, 0.29) is 38.8 Å². The van der Waals surface area contributed by atoms with Crippen LogP contribution in [0.1, 0.15) is 64.7 Å². The van der Waals surface area contributed by atoms with E-state index in [0.29, 0.717) is 24.2 Å². The summed E-state index contributed by atoms with van der Waals surface area (Å²) in [5.74, 6) is -4.73. The Balaban J connectivity index is 2.90. The fourth-order valence-electron chi connectivity index (χ4n) is 3.85. The number of carboxylic acid groups (broad SMARTS) is 1. The number of carboxylic acids is 1. The van der Waals surface area contributed by atoms with Gasteiger partial charge in [0.05, 0.1) is 16.6 Å². The maximum absolute atomic E-state index is 13.1. The van der Waals surface area contributed by atoms with Crippen molar-refractivity contribution < 1.29 is 42.2 Å². The first-order chi connectivity index (χ1) is 15.4. The van der Waals surface area contributed by atoms with Crippen molar-refractivity contribution in [1.29, 1.82) is 0 Å². The summed E-state index contributed by atoms with van der Waals surface area (Å²) < 4.78 is 43.1. The lowest BCUT2D eigenvalue weighted by Crippen LogP contribution is -2.57. The number of amides is 2. The van der Waals surface area contributed by atoms with Gasteiger partial charge in [-0.05, 0) is 32.1 Å². The Bertz CT molecular complexity index is 706. The summed E-state index contributed by atoms with van der Waals surface area (Å²) in [7, 11) is 1.24. The highest BCUT2D eigenvalue weighted by Gasteiger charge is 2.47. The molecule has 0 aromatic heterocycles. The van der Waals surface area contributed by atoms with E-state index in [2.05, 4.69) is 4.74 Å². The SMILES string of the molecule is CCCCC1(I)CC(C(=O)O)CCN1C(=O)CN(CCCCCC(=O)OC)C(=O)C(F)(F)F. The third-order valence-electron chi connectivity index (χ3n) is 5.70. The summed E-state index contributed by atoms with van der Waals surface area (Å²) >= 11 is 2.04. The molecule has 8 nitrogen and oxygen atoms in total. The number of aliphatic carboxylic acids is 1. The molecule has 0 aromatic carbocycles. The first kappa shape index (κ1) is 29.4. The second-order valence-corrected chi connectivity index (χ2v) is 10.2. The van der Waals surface area contributed by atoms with Gasteiger partial charge in [0.2, 0.25) is 5.91 Å². The molecule has 2 amide bonds. The van der Waals surface area contributed by atoms with Crippen molar-refractivity contribution in [3.63, 3.8) is 0 Å². The molecule has 0 radical (unpaired) electrons. The Morgan fingerprint density at radius 2 is 1.85 bits per heavy atom. The standard InChI is InChI=1S/C21H32F3IN2O6/c1-3-4-10-20(25)13-15(18(30)31)9-12-27(20)16(28)14-26(19(32)21(22,23)24)11-7-5-6-8-17(29)33-2/h15H,3-14H2,1-2H3,(H,30,31). The summed E-state index contributed by atoms with van der Waals surface area (Å²) in [5.41, 5.74) is 0. The third kappa shape index (κ3) is 9.28. The van der Waals surface area contributed by atoms with Crippen LogP contribution in [0.3, 0.4) is 0 Å². The Morgan fingerprint density at radius 3 is 2.39 bits per heavy atom. The molecule has 1 fully saturated rings. The largest absolute Gasteiger partial charge is 0.481 e. The average molecular weight is 592 g/mol. The molecule has 1 heterocycles. The van der Waals surface area contributed by atoms with Crippen LogP contribution in [0.15, 0.2) is 0 Å². The van der Waals surface area contributed by atoms with Crippen molar-refractivity contribution in [2.75, 3.05) is 26.7 Å². The first-order valence-corrected chi connectivity index (χ1v) is 12.1. The number of alkyl halides is 4. The maximum Gasteiger partial charge on any atom is 0.471 e. The summed E-state index contributed by atoms with van der Waals surface area (Å²) in [6, 6.07) is 0. The number of carbonyl (C=O) groups excluding carboxylic acids is 3. The number of nitrogens with zero attached hydrogens (tertiary/aromatic N) is 2. The summed E-state index contributed by atoms with van der Waals surface area (Å²) in [5, 5.41) is 9.41. The van der Waals surface area contributed by atoms with Gasteiger partial charge in [-0.15, -0.1) is 0 Å². The van der Waals surface area contributed by atoms with Crippen LogP contribution in [0, 0.1) is 5.92 Å². The van der Waals surface area contributed by atoms with E-state index in [0.717, 1.165) is 12.8 Å². The van der Waals surface area contributed by atoms with E-state index >= 15 is 0 Å². The quantitative estimate of drug-likeness (QED) is 0.122. The van der Waals surface area contributed by atoms with Crippen LogP contribution in [0.25, 0.3) is 0 Å². The Morgan fingerprint density at radius 1 is 1.18 bits per heavy atom. The number of carbonyl (C=O) groups is 4. The second-order valence-electron chi connectivity index (χ2n) is 8.21. The van der Waals surface area contributed by atoms with Gasteiger partial charge in [-0.3, -0.25) is 19.2 Å². The van der Waals surface area contributed by atoms with Crippen LogP contribution < -0.4 is 0 Å². The zero-order valence-corrected chi connectivity index (χ0v) is 21.1. The molecular weight excluding hydrogens is 560 g/mol. The monoisotopic (exact) mass is 592 g/mol. The van der Waals surface area contributed by atoms with Crippen LogP contribution in [-0.2, 0) is 23.9 Å². The number of esters is 1. The number of piperidine rings is 1. The van der Waals surface area contributed by atoms with Gasteiger partial charge in [-0.1, -0.05) is 48.8 Å². The molecule has 0 aliphatic carbocycles. The number of halogens is 4. The third-order valence-corrected chi connectivity index (χ3v) is 7.26. The summed E-state index contributed by atoms with van der Waals surface area (Å²) in [6.07, 6.45) is -1.55. The molecule has 1 N–H and O–H groups in total. The minimum absolute atomic E-state index is 0.107. The molecular formula is C21H32F3IN2O6. The zero-order chi connectivity index (χ0) is 25.2. The fourth-order valence-corrected chi connectivity index (χ4v) is 5.27. The highest BCUT2D eigenvalue weighted by molar-refractivity contribution is 14.1. The van der Waals surface area contributed by atoms with E-state index in [1.54, 1.807) is 0 Å². The van der Waals surface area contributed by atoms with Gasteiger partial charge in [-0.2, -0.15) is 13.2 Å². The van der Waals surface area contributed by atoms with Crippen LogP contribution in [0.5, 0.6) is 0 Å². The minimum atomic E-state index is -5.12. The molecule has 2 atom stereocenters. The van der Waals surface area contributed by atoms with E-state index in [1.807, 2.05) is 29.5 Å². The molecule has 0 aromatic rings. The van der Waals surface area contributed by atoms with Gasteiger partial charge < -0.3 is 19.6 Å². The molecule has 2 unspecified atom stereocenters. The van der Waals surface area contributed by atoms with Crippen molar-refractivity contribution in [2.24, 2.45) is 5.92 Å². The predicted molar refractivity (Wildman–Crippen MR) is 121 cm³/mol. The molecule has 12 heteroatoms. The van der Waals surface area contributed by atoms with Crippen molar-refractivity contribution >= 4 is 46.3 Å². The normalized spacial score (nSPS) is 20.9. The topological polar surface area (TPSA) is 104 Å². The lowest BCUT2D eigenvalue weighted by Gasteiger charge is -2.46. The molecule has 0 spiro atoms. The molecule has 1 saturated heterocycles. The summed E-state index contributed by atoms with van der Waals surface area (Å²) in [6.45, 7) is 1.05. The number of ether oxygens (including phenoxy) is 1. The molecule has 0 saturated carbocycles. The van der Waals surface area contributed by atoms with Crippen LogP contribution in [0.4, 0.5) is 13.2 Å².